The van der Waals surface area contributed by atoms with Crippen LogP contribution in [-0.2, 0) is 20.9 Å². The molecule has 144 valence electrons. The average molecular weight is 394 g/mol. The fraction of sp³-hybridized carbons (Fsp3) is 0.348. The van der Waals surface area contributed by atoms with Gasteiger partial charge >= 0.3 is 5.97 Å². The molecule has 0 spiro atoms. The SMILES string of the molecule is CC1=NC2=C(C(=O)CCC2)[C@@H](c2ccc(C)s2)[C@@H]1C(=O)OCc1ccccc1. The van der Waals surface area contributed by atoms with Crippen molar-refractivity contribution >= 4 is 28.8 Å². The van der Waals surface area contributed by atoms with Crippen LogP contribution in [0, 0.1) is 12.8 Å². The Labute approximate surface area is 169 Å². The smallest absolute Gasteiger partial charge is 0.316 e. The Morgan fingerprint density at radius 2 is 1.93 bits per heavy atom. The molecule has 1 aliphatic heterocycles. The molecule has 0 saturated carbocycles. The zero-order valence-corrected chi connectivity index (χ0v) is 16.9. The molecular formula is C23H23NO3S. The number of aliphatic imine (C=N–C) groups is 1. The number of ether oxygens (including phenoxy) is 1. The number of rotatable bonds is 4. The predicted octanol–water partition coefficient (Wildman–Crippen LogP) is 4.98. The number of Topliss-reactive ketones (excluding diaryl/α,β-unsaturated/α-hetero) is 1. The maximum Gasteiger partial charge on any atom is 0.316 e. The van der Waals surface area contributed by atoms with E-state index in [4.69, 9.17) is 4.74 Å². The summed E-state index contributed by atoms with van der Waals surface area (Å²) in [4.78, 5) is 32.8. The van der Waals surface area contributed by atoms with Gasteiger partial charge in [0.25, 0.3) is 0 Å². The summed E-state index contributed by atoms with van der Waals surface area (Å²) >= 11 is 1.64. The number of esters is 1. The summed E-state index contributed by atoms with van der Waals surface area (Å²) < 4.78 is 5.66. The van der Waals surface area contributed by atoms with E-state index in [9.17, 15) is 9.59 Å². The van der Waals surface area contributed by atoms with Crippen molar-refractivity contribution in [1.29, 1.82) is 0 Å². The van der Waals surface area contributed by atoms with E-state index in [1.54, 1.807) is 11.3 Å². The quantitative estimate of drug-likeness (QED) is 0.688. The maximum absolute atomic E-state index is 13.1. The Morgan fingerprint density at radius 1 is 1.14 bits per heavy atom. The van der Waals surface area contributed by atoms with Crippen molar-refractivity contribution in [3.63, 3.8) is 0 Å². The van der Waals surface area contributed by atoms with Gasteiger partial charge in [0.2, 0.25) is 0 Å². The summed E-state index contributed by atoms with van der Waals surface area (Å²) in [6, 6.07) is 13.7. The number of carbonyl (C=O) groups is 2. The largest absolute Gasteiger partial charge is 0.460 e. The standard InChI is InChI=1S/C23H23NO3S/c1-14-11-12-19(28-14)22-20(23(26)27-13-16-7-4-3-5-8-16)15(2)24-17-9-6-10-18(25)21(17)22/h3-5,7-8,11-12,20,22H,6,9-10,13H2,1-2H3/t20-,22+/m1/s1. The van der Waals surface area contributed by atoms with Crippen LogP contribution in [0.2, 0.25) is 0 Å². The molecule has 2 aromatic rings. The molecule has 2 atom stereocenters. The molecule has 4 rings (SSSR count). The van der Waals surface area contributed by atoms with Gasteiger partial charge in [-0.3, -0.25) is 14.6 Å². The third-order valence-corrected chi connectivity index (χ3v) is 6.46. The van der Waals surface area contributed by atoms with E-state index in [0.29, 0.717) is 6.42 Å². The van der Waals surface area contributed by atoms with Gasteiger partial charge in [0, 0.05) is 39.1 Å². The van der Waals surface area contributed by atoms with Crippen LogP contribution in [0.15, 0.2) is 58.7 Å². The first-order chi connectivity index (χ1) is 13.5. The fourth-order valence-electron chi connectivity index (χ4n) is 4.06. The normalized spacial score (nSPS) is 21.9. The van der Waals surface area contributed by atoms with Crippen molar-refractivity contribution in [3.05, 3.63) is 69.1 Å². The number of benzene rings is 1. The first kappa shape index (κ1) is 18.8. The molecule has 28 heavy (non-hydrogen) atoms. The highest BCUT2D eigenvalue weighted by molar-refractivity contribution is 7.12. The molecule has 2 heterocycles. The molecule has 1 aromatic heterocycles. The number of aryl methyl sites for hydroxylation is 1. The lowest BCUT2D eigenvalue weighted by atomic mass is 9.74. The van der Waals surface area contributed by atoms with Crippen LogP contribution in [0.1, 0.15) is 47.4 Å². The van der Waals surface area contributed by atoms with E-state index in [-0.39, 0.29) is 24.3 Å². The van der Waals surface area contributed by atoms with Crippen LogP contribution in [0.3, 0.4) is 0 Å². The zero-order chi connectivity index (χ0) is 19.7. The van der Waals surface area contributed by atoms with Crippen LogP contribution in [-0.4, -0.2) is 17.5 Å². The highest BCUT2D eigenvalue weighted by Gasteiger charge is 2.43. The minimum absolute atomic E-state index is 0.120. The van der Waals surface area contributed by atoms with Gasteiger partial charge in [-0.15, -0.1) is 11.3 Å². The summed E-state index contributed by atoms with van der Waals surface area (Å²) in [5.74, 6) is -1.04. The molecular weight excluding hydrogens is 370 g/mol. The molecule has 0 fully saturated rings. The van der Waals surface area contributed by atoms with Crippen LogP contribution in [0.4, 0.5) is 0 Å². The van der Waals surface area contributed by atoms with Gasteiger partial charge in [-0.25, -0.2) is 0 Å². The van der Waals surface area contributed by atoms with E-state index >= 15 is 0 Å². The first-order valence-electron chi connectivity index (χ1n) is 9.63. The Morgan fingerprint density at radius 3 is 2.64 bits per heavy atom. The van der Waals surface area contributed by atoms with Gasteiger partial charge in [-0.1, -0.05) is 30.3 Å². The van der Waals surface area contributed by atoms with Gasteiger partial charge < -0.3 is 4.74 Å². The topological polar surface area (TPSA) is 55.7 Å². The number of thiophene rings is 1. The van der Waals surface area contributed by atoms with Crippen LogP contribution in [0.25, 0.3) is 0 Å². The maximum atomic E-state index is 13.1. The molecule has 0 amide bonds. The molecule has 0 N–H and O–H groups in total. The zero-order valence-electron chi connectivity index (χ0n) is 16.1. The summed E-state index contributed by atoms with van der Waals surface area (Å²) in [7, 11) is 0. The number of carbonyl (C=O) groups excluding carboxylic acids is 2. The van der Waals surface area contributed by atoms with Crippen molar-refractivity contribution < 1.29 is 14.3 Å². The molecule has 2 aliphatic rings. The molecule has 0 saturated heterocycles. The summed E-state index contributed by atoms with van der Waals surface area (Å²) in [5.41, 5.74) is 3.26. The third kappa shape index (κ3) is 3.59. The van der Waals surface area contributed by atoms with Gasteiger partial charge in [0.05, 0.1) is 0 Å². The Balaban J connectivity index is 1.68. The monoisotopic (exact) mass is 393 g/mol. The average Bonchev–Trinajstić information content (AvgIpc) is 3.12. The lowest BCUT2D eigenvalue weighted by molar-refractivity contribution is -0.147. The highest BCUT2D eigenvalue weighted by Crippen LogP contribution is 2.45. The van der Waals surface area contributed by atoms with E-state index in [1.807, 2.05) is 56.3 Å². The van der Waals surface area contributed by atoms with Crippen LogP contribution in [0.5, 0.6) is 0 Å². The van der Waals surface area contributed by atoms with Crippen molar-refractivity contribution in [2.45, 2.75) is 45.6 Å². The molecule has 0 radical (unpaired) electrons. The Bertz CT molecular complexity index is 971. The van der Waals surface area contributed by atoms with E-state index in [0.717, 1.165) is 45.1 Å². The molecule has 4 nitrogen and oxygen atoms in total. The van der Waals surface area contributed by atoms with Crippen molar-refractivity contribution in [1.82, 2.24) is 0 Å². The van der Waals surface area contributed by atoms with E-state index in [2.05, 4.69) is 4.99 Å². The molecule has 1 aromatic carbocycles. The van der Waals surface area contributed by atoms with Crippen molar-refractivity contribution in [3.8, 4) is 0 Å². The fourth-order valence-corrected chi connectivity index (χ4v) is 5.08. The van der Waals surface area contributed by atoms with E-state index < -0.39 is 5.92 Å². The molecule has 0 bridgehead atoms. The number of allylic oxidation sites excluding steroid dienone is 2. The molecule has 5 heteroatoms. The van der Waals surface area contributed by atoms with Gasteiger partial charge in [0.15, 0.2) is 5.78 Å². The Kier molecular flexibility index (Phi) is 5.27. The van der Waals surface area contributed by atoms with Crippen molar-refractivity contribution in [2.24, 2.45) is 10.9 Å². The second kappa shape index (κ2) is 7.84. The third-order valence-electron chi connectivity index (χ3n) is 5.38. The second-order valence-corrected chi connectivity index (χ2v) is 8.71. The molecule has 1 aliphatic carbocycles. The van der Waals surface area contributed by atoms with Gasteiger partial charge in [-0.2, -0.15) is 0 Å². The summed E-state index contributed by atoms with van der Waals surface area (Å²) in [6.45, 7) is 4.14. The van der Waals surface area contributed by atoms with Crippen LogP contribution < -0.4 is 0 Å². The predicted molar refractivity (Wildman–Crippen MR) is 111 cm³/mol. The lowest BCUT2D eigenvalue weighted by Crippen LogP contribution is -2.36. The van der Waals surface area contributed by atoms with Gasteiger partial charge in [0.1, 0.15) is 12.5 Å². The van der Waals surface area contributed by atoms with Crippen LogP contribution >= 0.6 is 11.3 Å². The van der Waals surface area contributed by atoms with E-state index in [1.165, 1.54) is 0 Å². The second-order valence-electron chi connectivity index (χ2n) is 7.39. The minimum atomic E-state index is -0.553. The minimum Gasteiger partial charge on any atom is -0.460 e. The van der Waals surface area contributed by atoms with Crippen molar-refractivity contribution in [2.75, 3.05) is 0 Å². The van der Waals surface area contributed by atoms with Gasteiger partial charge in [-0.05, 0) is 44.4 Å². The number of ketones is 1. The number of hydrogen-bond donors (Lipinski definition) is 0. The lowest BCUT2D eigenvalue weighted by Gasteiger charge is -2.33. The highest BCUT2D eigenvalue weighted by atomic mass is 32.1. The summed E-state index contributed by atoms with van der Waals surface area (Å²) in [6.07, 6.45) is 2.15. The number of nitrogens with zero attached hydrogens (tertiary/aromatic N) is 1. The number of hydrogen-bond acceptors (Lipinski definition) is 5. The molecule has 0 unspecified atom stereocenters. The first-order valence-corrected chi connectivity index (χ1v) is 10.4. The summed E-state index contributed by atoms with van der Waals surface area (Å²) in [5, 5.41) is 0. The Hall–Kier alpha value is -2.53.